The van der Waals surface area contributed by atoms with Crippen molar-refractivity contribution in [2.75, 3.05) is 42.9 Å². The number of nitrogens with zero attached hydrogens (tertiary/aromatic N) is 2. The lowest BCUT2D eigenvalue weighted by molar-refractivity contribution is -0.114. The first-order chi connectivity index (χ1) is 9.10. The van der Waals surface area contributed by atoms with Gasteiger partial charge in [0, 0.05) is 44.5 Å². The van der Waals surface area contributed by atoms with E-state index in [-0.39, 0.29) is 5.91 Å². The van der Waals surface area contributed by atoms with Gasteiger partial charge >= 0.3 is 0 Å². The number of anilines is 2. The molecule has 1 aliphatic heterocycles. The molecule has 1 saturated heterocycles. The number of benzene rings is 1. The molecule has 0 aliphatic carbocycles. The van der Waals surface area contributed by atoms with Crippen molar-refractivity contribution < 1.29 is 4.79 Å². The number of amides is 1. The maximum Gasteiger partial charge on any atom is 0.221 e. The molecular formula is C15H23N3O. The minimum Gasteiger partial charge on any atom is -0.369 e. The van der Waals surface area contributed by atoms with E-state index in [1.54, 1.807) is 0 Å². The van der Waals surface area contributed by atoms with Crippen LogP contribution in [-0.2, 0) is 4.79 Å². The molecule has 0 unspecified atom stereocenters. The topological polar surface area (TPSA) is 35.6 Å². The number of piperazine rings is 1. The van der Waals surface area contributed by atoms with E-state index in [4.69, 9.17) is 0 Å². The van der Waals surface area contributed by atoms with Crippen molar-refractivity contribution in [3.05, 3.63) is 23.8 Å². The van der Waals surface area contributed by atoms with Gasteiger partial charge in [0.05, 0.1) is 0 Å². The average molecular weight is 261 g/mol. The van der Waals surface area contributed by atoms with Crippen LogP contribution in [0.25, 0.3) is 0 Å². The van der Waals surface area contributed by atoms with Gasteiger partial charge in [-0.25, -0.2) is 0 Å². The summed E-state index contributed by atoms with van der Waals surface area (Å²) in [6.07, 6.45) is 0. The molecule has 19 heavy (non-hydrogen) atoms. The Morgan fingerprint density at radius 3 is 2.47 bits per heavy atom. The van der Waals surface area contributed by atoms with Crippen molar-refractivity contribution in [3.63, 3.8) is 0 Å². The van der Waals surface area contributed by atoms with E-state index >= 15 is 0 Å². The SMILES string of the molecule is CCN1CCN(c2ccc(NC(C)=O)c(C)c2)CC1. The molecule has 1 aliphatic rings. The summed E-state index contributed by atoms with van der Waals surface area (Å²) in [5.74, 6) is -0.0209. The highest BCUT2D eigenvalue weighted by Crippen LogP contribution is 2.23. The second-order valence-electron chi connectivity index (χ2n) is 5.10. The molecule has 0 radical (unpaired) electrons. The predicted molar refractivity (Wildman–Crippen MR) is 79.8 cm³/mol. The van der Waals surface area contributed by atoms with Gasteiger partial charge in [0.15, 0.2) is 0 Å². The minimum atomic E-state index is -0.0209. The van der Waals surface area contributed by atoms with Crippen LogP contribution < -0.4 is 10.2 Å². The second kappa shape index (κ2) is 6.06. The molecule has 0 saturated carbocycles. The van der Waals surface area contributed by atoms with E-state index in [0.29, 0.717) is 0 Å². The first-order valence-corrected chi connectivity index (χ1v) is 6.95. The maximum atomic E-state index is 11.1. The van der Waals surface area contributed by atoms with Gasteiger partial charge in [-0.1, -0.05) is 6.92 Å². The molecule has 4 heteroatoms. The van der Waals surface area contributed by atoms with Crippen LogP contribution in [-0.4, -0.2) is 43.5 Å². The molecule has 104 valence electrons. The molecule has 0 spiro atoms. The summed E-state index contributed by atoms with van der Waals surface area (Å²) in [4.78, 5) is 16.0. The molecule has 1 heterocycles. The van der Waals surface area contributed by atoms with Crippen LogP contribution in [0.5, 0.6) is 0 Å². The largest absolute Gasteiger partial charge is 0.369 e. The molecule has 1 aromatic rings. The number of carbonyl (C=O) groups is 1. The van der Waals surface area contributed by atoms with Crippen LogP contribution in [0.4, 0.5) is 11.4 Å². The number of likely N-dealkylation sites (N-methyl/N-ethyl adjacent to an activating group) is 1. The third-order valence-electron chi connectivity index (χ3n) is 3.71. The molecule has 0 atom stereocenters. The van der Waals surface area contributed by atoms with E-state index in [9.17, 15) is 4.79 Å². The molecule has 2 rings (SSSR count). The monoisotopic (exact) mass is 261 g/mol. The highest BCUT2D eigenvalue weighted by Gasteiger charge is 2.16. The molecule has 1 aromatic carbocycles. The van der Waals surface area contributed by atoms with Crippen molar-refractivity contribution in [1.82, 2.24) is 4.90 Å². The fourth-order valence-electron chi connectivity index (χ4n) is 2.50. The fourth-order valence-corrected chi connectivity index (χ4v) is 2.50. The summed E-state index contributed by atoms with van der Waals surface area (Å²) in [5.41, 5.74) is 3.27. The summed E-state index contributed by atoms with van der Waals surface area (Å²) >= 11 is 0. The Bertz CT molecular complexity index is 451. The van der Waals surface area contributed by atoms with Crippen molar-refractivity contribution in [2.24, 2.45) is 0 Å². The average Bonchev–Trinajstić information content (AvgIpc) is 2.41. The van der Waals surface area contributed by atoms with Crippen molar-refractivity contribution in [2.45, 2.75) is 20.8 Å². The van der Waals surface area contributed by atoms with Gasteiger partial charge in [-0.05, 0) is 37.2 Å². The lowest BCUT2D eigenvalue weighted by Gasteiger charge is -2.35. The zero-order chi connectivity index (χ0) is 13.8. The van der Waals surface area contributed by atoms with E-state index < -0.39 is 0 Å². The smallest absolute Gasteiger partial charge is 0.221 e. The van der Waals surface area contributed by atoms with Gasteiger partial charge in [-0.2, -0.15) is 0 Å². The van der Waals surface area contributed by atoms with Crippen LogP contribution >= 0.6 is 0 Å². The Balaban J connectivity index is 2.06. The zero-order valence-corrected chi connectivity index (χ0v) is 12.1. The first-order valence-electron chi connectivity index (χ1n) is 6.95. The summed E-state index contributed by atoms with van der Waals surface area (Å²) in [7, 11) is 0. The van der Waals surface area contributed by atoms with Gasteiger partial charge in [0.25, 0.3) is 0 Å². The first kappa shape index (κ1) is 13.9. The summed E-state index contributed by atoms with van der Waals surface area (Å²) in [6.45, 7) is 11.3. The van der Waals surface area contributed by atoms with Crippen LogP contribution in [0.1, 0.15) is 19.4 Å². The zero-order valence-electron chi connectivity index (χ0n) is 12.1. The van der Waals surface area contributed by atoms with Crippen molar-refractivity contribution in [1.29, 1.82) is 0 Å². The maximum absolute atomic E-state index is 11.1. The van der Waals surface area contributed by atoms with E-state index in [0.717, 1.165) is 44.0 Å². The summed E-state index contributed by atoms with van der Waals surface area (Å²) < 4.78 is 0. The number of hydrogen-bond acceptors (Lipinski definition) is 3. The van der Waals surface area contributed by atoms with Crippen LogP contribution in [0.2, 0.25) is 0 Å². The number of rotatable bonds is 3. The highest BCUT2D eigenvalue weighted by molar-refractivity contribution is 5.89. The predicted octanol–water partition coefficient (Wildman–Crippen LogP) is 2.10. The normalized spacial score (nSPS) is 16.5. The molecule has 1 amide bonds. The summed E-state index contributed by atoms with van der Waals surface area (Å²) in [5, 5.41) is 2.85. The van der Waals surface area contributed by atoms with Gasteiger partial charge in [0.2, 0.25) is 5.91 Å². The highest BCUT2D eigenvalue weighted by atomic mass is 16.1. The second-order valence-corrected chi connectivity index (χ2v) is 5.10. The number of carbonyl (C=O) groups excluding carboxylic acids is 1. The number of hydrogen-bond donors (Lipinski definition) is 1. The summed E-state index contributed by atoms with van der Waals surface area (Å²) in [6, 6.07) is 6.25. The molecule has 1 N–H and O–H groups in total. The molecular weight excluding hydrogens is 238 g/mol. The van der Waals surface area contributed by atoms with Crippen LogP contribution in [0.15, 0.2) is 18.2 Å². The lowest BCUT2D eigenvalue weighted by Crippen LogP contribution is -2.46. The van der Waals surface area contributed by atoms with Gasteiger partial charge in [0.1, 0.15) is 0 Å². The van der Waals surface area contributed by atoms with E-state index in [2.05, 4.69) is 34.2 Å². The lowest BCUT2D eigenvalue weighted by atomic mass is 10.1. The third-order valence-corrected chi connectivity index (χ3v) is 3.71. The molecule has 0 aromatic heterocycles. The van der Waals surface area contributed by atoms with Gasteiger partial charge < -0.3 is 15.1 Å². The Morgan fingerprint density at radius 2 is 1.95 bits per heavy atom. The standard InChI is InChI=1S/C15H23N3O/c1-4-17-7-9-18(10-8-17)14-5-6-15(12(2)11-14)16-13(3)19/h5-6,11H,4,7-10H2,1-3H3,(H,16,19). The van der Waals surface area contributed by atoms with Crippen molar-refractivity contribution in [3.8, 4) is 0 Å². The molecule has 1 fully saturated rings. The van der Waals surface area contributed by atoms with E-state index in [1.807, 2.05) is 13.0 Å². The van der Waals surface area contributed by atoms with Gasteiger partial charge in [-0.3, -0.25) is 4.79 Å². The van der Waals surface area contributed by atoms with Crippen molar-refractivity contribution >= 4 is 17.3 Å². The molecule has 4 nitrogen and oxygen atoms in total. The van der Waals surface area contributed by atoms with Crippen LogP contribution in [0.3, 0.4) is 0 Å². The quantitative estimate of drug-likeness (QED) is 0.905. The Morgan fingerprint density at radius 1 is 1.26 bits per heavy atom. The third kappa shape index (κ3) is 3.47. The Kier molecular flexibility index (Phi) is 4.43. The van der Waals surface area contributed by atoms with Crippen LogP contribution in [0, 0.1) is 6.92 Å². The number of nitrogens with one attached hydrogen (secondary N) is 1. The van der Waals surface area contributed by atoms with Gasteiger partial charge in [-0.15, -0.1) is 0 Å². The Labute approximate surface area is 115 Å². The fraction of sp³-hybridized carbons (Fsp3) is 0.533. The van der Waals surface area contributed by atoms with E-state index in [1.165, 1.54) is 12.6 Å². The minimum absolute atomic E-state index is 0.0209. The number of aryl methyl sites for hydroxylation is 1. The Hall–Kier alpha value is -1.55. The molecule has 0 bridgehead atoms.